The molecule has 0 aliphatic heterocycles. The third kappa shape index (κ3) is 1.87. The zero-order chi connectivity index (χ0) is 12.7. The molecule has 0 unspecified atom stereocenters. The number of nitrogens with zero attached hydrogens (tertiary/aromatic N) is 1. The van der Waals surface area contributed by atoms with Crippen LogP contribution in [0.4, 0.5) is 0 Å². The number of halogens is 1. The van der Waals surface area contributed by atoms with Crippen LogP contribution in [0.1, 0.15) is 10.4 Å². The third-order valence-electron chi connectivity index (χ3n) is 2.42. The van der Waals surface area contributed by atoms with Gasteiger partial charge in [-0.2, -0.15) is 0 Å². The molecule has 3 aromatic rings. The topological polar surface area (TPSA) is 63.3 Å². The van der Waals surface area contributed by atoms with E-state index in [1.807, 2.05) is 6.07 Å². The van der Waals surface area contributed by atoms with Crippen LogP contribution in [0.2, 0.25) is 4.34 Å². The number of carbonyl (C=O) groups is 1. The van der Waals surface area contributed by atoms with Gasteiger partial charge in [-0.15, -0.1) is 11.3 Å². The predicted molar refractivity (Wildman–Crippen MR) is 69.3 cm³/mol. The van der Waals surface area contributed by atoms with Crippen molar-refractivity contribution in [2.45, 2.75) is 0 Å². The molecule has 0 saturated heterocycles. The number of thiophene rings is 1. The van der Waals surface area contributed by atoms with E-state index in [-0.39, 0.29) is 5.56 Å². The molecule has 2 heterocycles. The van der Waals surface area contributed by atoms with Gasteiger partial charge in [0.05, 0.1) is 14.8 Å². The summed E-state index contributed by atoms with van der Waals surface area (Å²) in [7, 11) is 0. The van der Waals surface area contributed by atoms with Crippen molar-refractivity contribution in [1.29, 1.82) is 0 Å². The molecule has 0 spiro atoms. The Morgan fingerprint density at radius 2 is 2.17 bits per heavy atom. The van der Waals surface area contributed by atoms with Gasteiger partial charge in [-0.3, -0.25) is 0 Å². The number of rotatable bonds is 2. The normalized spacial score (nSPS) is 10.9. The molecule has 0 atom stereocenters. The Morgan fingerprint density at radius 1 is 1.33 bits per heavy atom. The fraction of sp³-hybridized carbons (Fsp3) is 0. The second-order valence-electron chi connectivity index (χ2n) is 3.61. The molecule has 90 valence electrons. The lowest BCUT2D eigenvalue weighted by molar-refractivity contribution is 0.0697. The Bertz CT molecular complexity index is 747. The predicted octanol–water partition coefficient (Wildman–Crippen LogP) is 3.91. The fourth-order valence-electron chi connectivity index (χ4n) is 1.59. The summed E-state index contributed by atoms with van der Waals surface area (Å²) in [6.07, 6.45) is 0. The van der Waals surface area contributed by atoms with Crippen LogP contribution in [0, 0.1) is 0 Å². The number of oxazole rings is 1. The van der Waals surface area contributed by atoms with Gasteiger partial charge in [0.1, 0.15) is 5.52 Å². The van der Waals surface area contributed by atoms with E-state index in [4.69, 9.17) is 21.1 Å². The summed E-state index contributed by atoms with van der Waals surface area (Å²) in [6, 6.07) is 8.16. The molecule has 0 amide bonds. The Labute approximate surface area is 110 Å². The number of aromatic nitrogens is 1. The first-order valence-corrected chi connectivity index (χ1v) is 6.22. The number of hydrogen-bond acceptors (Lipinski definition) is 4. The summed E-state index contributed by atoms with van der Waals surface area (Å²) in [6.45, 7) is 0. The van der Waals surface area contributed by atoms with Crippen molar-refractivity contribution in [3.05, 3.63) is 40.2 Å². The van der Waals surface area contributed by atoms with Crippen molar-refractivity contribution in [3.8, 4) is 10.8 Å². The maximum absolute atomic E-state index is 10.8. The second kappa shape index (κ2) is 4.12. The Morgan fingerprint density at radius 3 is 2.83 bits per heavy atom. The monoisotopic (exact) mass is 279 g/mol. The standard InChI is InChI=1S/C12H6ClNO3S/c13-10-4-3-9(18-10)11-14-7-2-1-6(12(15)16)5-8(7)17-11/h1-5H,(H,15,16). The van der Waals surface area contributed by atoms with Crippen LogP contribution in [-0.2, 0) is 0 Å². The highest BCUT2D eigenvalue weighted by Crippen LogP contribution is 2.32. The Kier molecular flexibility index (Phi) is 2.57. The van der Waals surface area contributed by atoms with E-state index in [1.165, 1.54) is 23.5 Å². The number of benzene rings is 1. The summed E-state index contributed by atoms with van der Waals surface area (Å²) in [5.74, 6) is -0.543. The maximum atomic E-state index is 10.8. The van der Waals surface area contributed by atoms with E-state index in [1.54, 1.807) is 12.1 Å². The smallest absolute Gasteiger partial charge is 0.335 e. The highest BCUT2D eigenvalue weighted by atomic mass is 35.5. The fourth-order valence-corrected chi connectivity index (χ4v) is 2.56. The maximum Gasteiger partial charge on any atom is 0.335 e. The number of aromatic carboxylic acids is 1. The molecule has 1 aromatic carbocycles. The first-order valence-electron chi connectivity index (χ1n) is 5.03. The molecule has 4 nitrogen and oxygen atoms in total. The van der Waals surface area contributed by atoms with Gasteiger partial charge in [0.2, 0.25) is 5.89 Å². The van der Waals surface area contributed by atoms with Crippen molar-refractivity contribution in [2.24, 2.45) is 0 Å². The molecule has 0 fully saturated rings. The van der Waals surface area contributed by atoms with Gasteiger partial charge in [-0.25, -0.2) is 9.78 Å². The largest absolute Gasteiger partial charge is 0.478 e. The minimum atomic E-state index is -0.992. The molecule has 0 saturated carbocycles. The quantitative estimate of drug-likeness (QED) is 0.772. The van der Waals surface area contributed by atoms with Gasteiger partial charge >= 0.3 is 5.97 Å². The molecule has 0 aliphatic rings. The average Bonchev–Trinajstić information content (AvgIpc) is 2.93. The number of hydrogen-bond donors (Lipinski definition) is 1. The Hall–Kier alpha value is -1.85. The summed E-state index contributed by atoms with van der Waals surface area (Å²) >= 11 is 7.21. The molecule has 2 aromatic heterocycles. The van der Waals surface area contributed by atoms with Crippen LogP contribution >= 0.6 is 22.9 Å². The minimum Gasteiger partial charge on any atom is -0.478 e. The SMILES string of the molecule is O=C(O)c1ccc2nc(-c3ccc(Cl)s3)oc2c1. The van der Waals surface area contributed by atoms with Gasteiger partial charge in [-0.05, 0) is 30.3 Å². The van der Waals surface area contributed by atoms with Crippen LogP contribution in [0.5, 0.6) is 0 Å². The summed E-state index contributed by atoms with van der Waals surface area (Å²) in [5.41, 5.74) is 1.25. The minimum absolute atomic E-state index is 0.175. The van der Waals surface area contributed by atoms with Gasteiger partial charge in [-0.1, -0.05) is 11.6 Å². The van der Waals surface area contributed by atoms with E-state index in [9.17, 15) is 4.79 Å². The summed E-state index contributed by atoms with van der Waals surface area (Å²) in [4.78, 5) is 15.9. The van der Waals surface area contributed by atoms with Crippen LogP contribution < -0.4 is 0 Å². The van der Waals surface area contributed by atoms with E-state index in [0.29, 0.717) is 21.3 Å². The van der Waals surface area contributed by atoms with Crippen molar-refractivity contribution < 1.29 is 14.3 Å². The highest BCUT2D eigenvalue weighted by Gasteiger charge is 2.12. The van der Waals surface area contributed by atoms with Gasteiger partial charge in [0.25, 0.3) is 0 Å². The van der Waals surface area contributed by atoms with Crippen LogP contribution in [-0.4, -0.2) is 16.1 Å². The molecule has 18 heavy (non-hydrogen) atoms. The lowest BCUT2D eigenvalue weighted by atomic mass is 10.2. The molecule has 3 rings (SSSR count). The van der Waals surface area contributed by atoms with Crippen molar-refractivity contribution in [2.75, 3.05) is 0 Å². The van der Waals surface area contributed by atoms with E-state index < -0.39 is 5.97 Å². The van der Waals surface area contributed by atoms with Crippen molar-refractivity contribution >= 4 is 40.0 Å². The lowest BCUT2D eigenvalue weighted by Crippen LogP contribution is -1.94. The van der Waals surface area contributed by atoms with Crippen LogP contribution in [0.25, 0.3) is 21.9 Å². The summed E-state index contributed by atoms with van der Waals surface area (Å²) < 4.78 is 6.19. The molecule has 0 aliphatic carbocycles. The van der Waals surface area contributed by atoms with Gasteiger partial charge in [0, 0.05) is 0 Å². The number of carboxylic acids is 1. The first-order chi connectivity index (χ1) is 8.63. The number of fused-ring (bicyclic) bond motifs is 1. The molecular formula is C12H6ClNO3S. The van der Waals surface area contributed by atoms with Crippen LogP contribution in [0.15, 0.2) is 34.7 Å². The zero-order valence-corrected chi connectivity index (χ0v) is 10.5. The number of carboxylic acid groups (broad SMARTS) is 1. The highest BCUT2D eigenvalue weighted by molar-refractivity contribution is 7.19. The van der Waals surface area contributed by atoms with Crippen molar-refractivity contribution in [1.82, 2.24) is 4.98 Å². The molecular weight excluding hydrogens is 274 g/mol. The van der Waals surface area contributed by atoms with Gasteiger partial charge in [0.15, 0.2) is 5.58 Å². The van der Waals surface area contributed by atoms with Gasteiger partial charge < -0.3 is 9.52 Å². The zero-order valence-electron chi connectivity index (χ0n) is 8.88. The first kappa shape index (κ1) is 11.3. The second-order valence-corrected chi connectivity index (χ2v) is 5.33. The summed E-state index contributed by atoms with van der Waals surface area (Å²) in [5, 5.41) is 8.89. The van der Waals surface area contributed by atoms with E-state index >= 15 is 0 Å². The molecule has 0 bridgehead atoms. The lowest BCUT2D eigenvalue weighted by Gasteiger charge is -1.91. The van der Waals surface area contributed by atoms with E-state index in [2.05, 4.69) is 4.98 Å². The van der Waals surface area contributed by atoms with E-state index in [0.717, 1.165) is 4.88 Å². The third-order valence-corrected chi connectivity index (χ3v) is 3.64. The van der Waals surface area contributed by atoms with Crippen molar-refractivity contribution in [3.63, 3.8) is 0 Å². The molecule has 0 radical (unpaired) electrons. The molecule has 1 N–H and O–H groups in total. The molecule has 6 heteroatoms. The average molecular weight is 280 g/mol. The van der Waals surface area contributed by atoms with Crippen LogP contribution in [0.3, 0.4) is 0 Å². The Balaban J connectivity index is 2.13.